The van der Waals surface area contributed by atoms with Crippen LogP contribution in [0.5, 0.6) is 0 Å². The lowest BCUT2D eigenvalue weighted by Gasteiger charge is -2.22. The maximum Gasteiger partial charge on any atom is 0.257 e. The Bertz CT molecular complexity index is 351. The monoisotopic (exact) mass is 252 g/mol. The highest BCUT2D eigenvalue weighted by Crippen LogP contribution is 2.14. The summed E-state index contributed by atoms with van der Waals surface area (Å²) in [5.41, 5.74) is 0.517. The first kappa shape index (κ1) is 16.4. The molecule has 0 saturated carbocycles. The Morgan fingerprint density at radius 2 is 1.83 bits per heavy atom. The third-order valence-corrected chi connectivity index (χ3v) is 2.48. The molecule has 0 saturated heterocycles. The minimum absolute atomic E-state index is 0.111. The smallest absolute Gasteiger partial charge is 0.257 e. The lowest BCUT2D eigenvalue weighted by atomic mass is 10.1. The van der Waals surface area contributed by atoms with Crippen LogP contribution in [0, 0.1) is 0 Å². The van der Waals surface area contributed by atoms with Gasteiger partial charge < -0.3 is 10.0 Å². The number of amides is 1. The zero-order valence-electron chi connectivity index (χ0n) is 11.9. The van der Waals surface area contributed by atoms with E-state index in [1.807, 2.05) is 13.8 Å². The Hall–Kier alpha value is -1.58. The lowest BCUT2D eigenvalue weighted by molar-refractivity contribution is -0.127. The first-order valence-electron chi connectivity index (χ1n) is 6.36. The van der Waals surface area contributed by atoms with Crippen LogP contribution in [-0.4, -0.2) is 35.2 Å². The van der Waals surface area contributed by atoms with E-state index in [1.54, 1.807) is 25.0 Å². The first-order valence-corrected chi connectivity index (χ1v) is 6.36. The van der Waals surface area contributed by atoms with Crippen LogP contribution in [0.1, 0.15) is 40.5 Å². The van der Waals surface area contributed by atoms with Crippen molar-refractivity contribution < 1.29 is 9.90 Å². The van der Waals surface area contributed by atoms with Crippen LogP contribution in [0.3, 0.4) is 0 Å². The second-order valence-electron chi connectivity index (χ2n) is 4.09. The summed E-state index contributed by atoms with van der Waals surface area (Å²) in [6.07, 6.45) is 3.34. The van der Waals surface area contributed by atoms with E-state index in [0.29, 0.717) is 18.8 Å². The predicted octanol–water partition coefficient (Wildman–Crippen LogP) is 3.07. The summed E-state index contributed by atoms with van der Waals surface area (Å²) in [6.45, 7) is 12.5. The van der Waals surface area contributed by atoms with Crippen molar-refractivity contribution in [3.63, 3.8) is 0 Å². The molecule has 0 aliphatic carbocycles. The summed E-state index contributed by atoms with van der Waals surface area (Å²) in [5, 5.41) is 9.89. The molecule has 0 radical (unpaired) electrons. The number of aliphatic hydroxyl groups is 1. The second-order valence-corrected chi connectivity index (χ2v) is 4.09. The molecule has 0 fully saturated rings. The highest BCUT2D eigenvalue weighted by atomic mass is 16.3. The fourth-order valence-electron chi connectivity index (χ4n) is 1.62. The molecular formula is C14H24N2O2. The Labute approximate surface area is 110 Å². The molecule has 0 heterocycles. The number of hydrogen-bond acceptors (Lipinski definition) is 3. The molecular weight excluding hydrogens is 228 g/mol. The van der Waals surface area contributed by atoms with Crippen molar-refractivity contribution in [2.45, 2.75) is 40.5 Å². The number of hydrogen-bond donors (Lipinski definition) is 1. The highest BCUT2D eigenvalue weighted by molar-refractivity contribution is 5.96. The minimum Gasteiger partial charge on any atom is -0.505 e. The molecule has 1 N–H and O–H groups in total. The number of aliphatic imine (C=N–C) groups is 1. The largest absolute Gasteiger partial charge is 0.505 e. The summed E-state index contributed by atoms with van der Waals surface area (Å²) in [6, 6.07) is 0. The van der Waals surface area contributed by atoms with Crippen LogP contribution >= 0.6 is 0 Å². The number of carbonyl (C=O) groups excluding carboxylic acids is 1. The van der Waals surface area contributed by atoms with Crippen molar-refractivity contribution in [2.75, 3.05) is 13.1 Å². The van der Waals surface area contributed by atoms with Gasteiger partial charge in [0.1, 0.15) is 5.76 Å². The first-order chi connectivity index (χ1) is 8.49. The molecule has 4 heteroatoms. The summed E-state index contributed by atoms with van der Waals surface area (Å²) in [4.78, 5) is 17.8. The minimum atomic E-state index is -0.221. The topological polar surface area (TPSA) is 52.9 Å². The average molecular weight is 252 g/mol. The van der Waals surface area contributed by atoms with E-state index in [1.165, 1.54) is 0 Å². The van der Waals surface area contributed by atoms with Gasteiger partial charge in [-0.25, -0.2) is 0 Å². The van der Waals surface area contributed by atoms with Crippen molar-refractivity contribution in [1.82, 2.24) is 4.90 Å². The van der Waals surface area contributed by atoms with Crippen molar-refractivity contribution in [3.05, 3.63) is 23.6 Å². The molecule has 0 unspecified atom stereocenters. The van der Waals surface area contributed by atoms with Crippen molar-refractivity contribution in [3.8, 4) is 0 Å². The number of carbonyl (C=O) groups is 1. The molecule has 18 heavy (non-hydrogen) atoms. The molecule has 0 aromatic rings. The fraction of sp³-hybridized carbons (Fsp3) is 0.571. The maximum atomic E-state index is 12.2. The van der Waals surface area contributed by atoms with Gasteiger partial charge >= 0.3 is 0 Å². The summed E-state index contributed by atoms with van der Waals surface area (Å²) in [7, 11) is 0. The van der Waals surface area contributed by atoms with Gasteiger partial charge in [-0.3, -0.25) is 9.79 Å². The van der Waals surface area contributed by atoms with E-state index in [-0.39, 0.29) is 17.2 Å². The summed E-state index contributed by atoms with van der Waals surface area (Å²) >= 11 is 0. The molecule has 1 amide bonds. The normalized spacial score (nSPS) is 12.4. The van der Waals surface area contributed by atoms with Gasteiger partial charge in [-0.05, 0) is 26.7 Å². The zero-order chi connectivity index (χ0) is 14.1. The van der Waals surface area contributed by atoms with Crippen molar-refractivity contribution in [1.29, 1.82) is 0 Å². The number of rotatable bonds is 7. The molecule has 0 spiro atoms. The van der Waals surface area contributed by atoms with Gasteiger partial charge in [0.25, 0.3) is 5.91 Å². The van der Waals surface area contributed by atoms with E-state index in [2.05, 4.69) is 11.6 Å². The van der Waals surface area contributed by atoms with Crippen LogP contribution in [-0.2, 0) is 4.79 Å². The molecule has 4 nitrogen and oxygen atoms in total. The van der Waals surface area contributed by atoms with Gasteiger partial charge in [0.15, 0.2) is 0 Å². The Morgan fingerprint density at radius 1 is 1.33 bits per heavy atom. The van der Waals surface area contributed by atoms with Gasteiger partial charge in [-0.1, -0.05) is 20.4 Å². The van der Waals surface area contributed by atoms with E-state index >= 15 is 0 Å². The van der Waals surface area contributed by atoms with Gasteiger partial charge in [0.2, 0.25) is 0 Å². The third-order valence-electron chi connectivity index (χ3n) is 2.48. The number of aliphatic hydroxyl groups excluding tert-OH is 1. The lowest BCUT2D eigenvalue weighted by Crippen LogP contribution is -2.33. The fourth-order valence-corrected chi connectivity index (χ4v) is 1.62. The van der Waals surface area contributed by atoms with Crippen LogP contribution in [0.15, 0.2) is 28.6 Å². The standard InChI is InChI=1S/C14H24N2O2/c1-6-9-16(10-7-2)14(18)11(4)13(17)12(5)15-8-3/h8,17H,4,6-7,9-10H2,1-3,5H3/b13-12+,15-8?. The van der Waals surface area contributed by atoms with Crippen LogP contribution in [0.2, 0.25) is 0 Å². The number of nitrogens with zero attached hydrogens (tertiary/aromatic N) is 2. The molecule has 102 valence electrons. The number of allylic oxidation sites excluding steroid dienone is 1. The molecule has 0 bridgehead atoms. The van der Waals surface area contributed by atoms with E-state index in [9.17, 15) is 9.90 Å². The van der Waals surface area contributed by atoms with Crippen molar-refractivity contribution in [2.24, 2.45) is 4.99 Å². The summed E-state index contributed by atoms with van der Waals surface area (Å²) in [5.74, 6) is -0.350. The van der Waals surface area contributed by atoms with Gasteiger partial charge in [0, 0.05) is 19.3 Å². The van der Waals surface area contributed by atoms with Crippen LogP contribution in [0.4, 0.5) is 0 Å². The predicted molar refractivity (Wildman–Crippen MR) is 75.8 cm³/mol. The molecule has 0 atom stereocenters. The molecule has 0 aromatic carbocycles. The third kappa shape index (κ3) is 4.73. The average Bonchev–Trinajstić information content (AvgIpc) is 2.36. The SMILES string of the molecule is C=C(C(=O)N(CCC)CCC)/C(O)=C(/C)N=CC. The Balaban J connectivity index is 4.96. The quantitative estimate of drug-likeness (QED) is 0.327. The van der Waals surface area contributed by atoms with Crippen molar-refractivity contribution >= 4 is 12.1 Å². The van der Waals surface area contributed by atoms with Crippen LogP contribution < -0.4 is 0 Å². The Kier molecular flexibility index (Phi) is 7.76. The highest BCUT2D eigenvalue weighted by Gasteiger charge is 2.19. The second kappa shape index (κ2) is 8.50. The van der Waals surface area contributed by atoms with Gasteiger partial charge in [-0.2, -0.15) is 0 Å². The molecule has 0 aromatic heterocycles. The molecule has 0 aliphatic rings. The van der Waals surface area contributed by atoms with E-state index < -0.39 is 0 Å². The van der Waals surface area contributed by atoms with Gasteiger partial charge in [-0.15, -0.1) is 0 Å². The molecule has 0 rings (SSSR count). The van der Waals surface area contributed by atoms with Crippen LogP contribution in [0.25, 0.3) is 0 Å². The zero-order valence-corrected chi connectivity index (χ0v) is 11.9. The molecule has 0 aliphatic heterocycles. The van der Waals surface area contributed by atoms with E-state index in [0.717, 1.165) is 12.8 Å². The van der Waals surface area contributed by atoms with Gasteiger partial charge in [0.05, 0.1) is 11.3 Å². The Morgan fingerprint density at radius 3 is 2.22 bits per heavy atom. The summed E-state index contributed by atoms with van der Waals surface area (Å²) < 4.78 is 0. The maximum absolute atomic E-state index is 12.2. The van der Waals surface area contributed by atoms with E-state index in [4.69, 9.17) is 0 Å².